The van der Waals surface area contributed by atoms with E-state index in [0.717, 1.165) is 32.1 Å². The topological polar surface area (TPSA) is 89.8 Å². The van der Waals surface area contributed by atoms with Gasteiger partial charge in [-0.25, -0.2) is 0 Å². The number of nitrogens with one attached hydrogen (secondary N) is 1. The molecule has 0 rings (SSSR count). The molecule has 54 heavy (non-hydrogen) atoms. The Bertz CT molecular complexity index is 718. The van der Waals surface area contributed by atoms with Crippen LogP contribution in [-0.4, -0.2) is 46.1 Å². The molecule has 5 nitrogen and oxygen atoms in total. The Balaban J connectivity index is 3.53. The normalized spacial score (nSPS) is 13.4. The first-order chi connectivity index (χ1) is 26.6. The van der Waals surface area contributed by atoms with E-state index < -0.39 is 24.2 Å². The lowest BCUT2D eigenvalue weighted by atomic mass is 10.0. The fraction of sp³-hybridized carbons (Fsp3) is 0.980. The van der Waals surface area contributed by atoms with Crippen LogP contribution in [0.5, 0.6) is 0 Å². The van der Waals surface area contributed by atoms with E-state index in [1.807, 2.05) is 0 Å². The highest BCUT2D eigenvalue weighted by Gasteiger charge is 2.23. The SMILES string of the molecule is CCCCCCCCCCCCCCCCCCCCCCCCC(O)C(=O)NC(CO)C(O)CCCCCCCCCCCCCCCCCCCC. The zero-order valence-corrected chi connectivity index (χ0v) is 36.9. The van der Waals surface area contributed by atoms with Crippen molar-refractivity contribution in [1.29, 1.82) is 0 Å². The van der Waals surface area contributed by atoms with Gasteiger partial charge in [0.15, 0.2) is 0 Å². The van der Waals surface area contributed by atoms with Crippen LogP contribution in [0.15, 0.2) is 0 Å². The first-order valence-electron chi connectivity index (χ1n) is 24.8. The van der Waals surface area contributed by atoms with Crippen LogP contribution in [0.4, 0.5) is 0 Å². The van der Waals surface area contributed by atoms with Gasteiger partial charge in [0.25, 0.3) is 0 Å². The molecule has 0 heterocycles. The third-order valence-electron chi connectivity index (χ3n) is 12.0. The van der Waals surface area contributed by atoms with Gasteiger partial charge in [-0.15, -0.1) is 0 Å². The summed E-state index contributed by atoms with van der Waals surface area (Å²) >= 11 is 0. The number of carbonyl (C=O) groups is 1. The van der Waals surface area contributed by atoms with Crippen molar-refractivity contribution in [1.82, 2.24) is 5.32 Å². The van der Waals surface area contributed by atoms with Crippen molar-refractivity contribution in [3.8, 4) is 0 Å². The minimum Gasteiger partial charge on any atom is -0.394 e. The molecule has 0 fully saturated rings. The van der Waals surface area contributed by atoms with Gasteiger partial charge in [0.05, 0.1) is 18.8 Å². The summed E-state index contributed by atoms with van der Waals surface area (Å²) in [5.41, 5.74) is 0. The van der Waals surface area contributed by atoms with Crippen LogP contribution in [0.2, 0.25) is 0 Å². The summed E-state index contributed by atoms with van der Waals surface area (Å²) in [5.74, 6) is -0.464. The van der Waals surface area contributed by atoms with E-state index in [0.29, 0.717) is 12.8 Å². The van der Waals surface area contributed by atoms with E-state index in [1.54, 1.807) is 0 Å². The Morgan fingerprint density at radius 2 is 0.593 bits per heavy atom. The van der Waals surface area contributed by atoms with Gasteiger partial charge in [0, 0.05) is 0 Å². The van der Waals surface area contributed by atoms with Gasteiger partial charge in [-0.1, -0.05) is 271 Å². The van der Waals surface area contributed by atoms with Crippen molar-refractivity contribution < 1.29 is 20.1 Å². The maximum atomic E-state index is 12.5. The smallest absolute Gasteiger partial charge is 0.249 e. The van der Waals surface area contributed by atoms with E-state index in [-0.39, 0.29) is 6.61 Å². The van der Waals surface area contributed by atoms with E-state index >= 15 is 0 Å². The monoisotopic (exact) mass is 766 g/mol. The molecule has 0 aromatic carbocycles. The maximum absolute atomic E-state index is 12.5. The summed E-state index contributed by atoms with van der Waals surface area (Å²) in [7, 11) is 0. The van der Waals surface area contributed by atoms with Gasteiger partial charge in [0.2, 0.25) is 5.91 Å². The highest BCUT2D eigenvalue weighted by Crippen LogP contribution is 2.18. The van der Waals surface area contributed by atoms with Crippen molar-refractivity contribution in [2.75, 3.05) is 6.61 Å². The van der Waals surface area contributed by atoms with Gasteiger partial charge in [-0.05, 0) is 12.8 Å². The molecule has 3 atom stereocenters. The molecule has 0 radical (unpaired) electrons. The Hall–Kier alpha value is -0.650. The molecular weight excluding hydrogens is 667 g/mol. The summed E-state index contributed by atoms with van der Waals surface area (Å²) < 4.78 is 0. The van der Waals surface area contributed by atoms with Gasteiger partial charge >= 0.3 is 0 Å². The van der Waals surface area contributed by atoms with Crippen LogP contribution >= 0.6 is 0 Å². The average molecular weight is 766 g/mol. The second kappa shape index (κ2) is 45.1. The zero-order valence-electron chi connectivity index (χ0n) is 36.9. The fourth-order valence-electron chi connectivity index (χ4n) is 8.08. The molecular formula is C49H99NO4. The van der Waals surface area contributed by atoms with Crippen LogP contribution in [0.25, 0.3) is 0 Å². The van der Waals surface area contributed by atoms with Gasteiger partial charge in [-0.3, -0.25) is 4.79 Å². The molecule has 0 aromatic rings. The highest BCUT2D eigenvalue weighted by atomic mass is 16.3. The summed E-state index contributed by atoms with van der Waals surface area (Å²) in [6.45, 7) is 4.27. The first-order valence-corrected chi connectivity index (χ1v) is 24.8. The number of rotatable bonds is 46. The Labute approximate surface area is 338 Å². The number of amides is 1. The third-order valence-corrected chi connectivity index (χ3v) is 12.0. The molecule has 0 aliphatic heterocycles. The Kier molecular flexibility index (Phi) is 44.5. The van der Waals surface area contributed by atoms with Crippen molar-refractivity contribution in [3.63, 3.8) is 0 Å². The van der Waals surface area contributed by atoms with E-state index in [2.05, 4.69) is 19.2 Å². The summed E-state index contributed by atoms with van der Waals surface area (Å²) in [5, 5.41) is 33.4. The predicted molar refractivity (Wildman–Crippen MR) is 236 cm³/mol. The number of hydrogen-bond acceptors (Lipinski definition) is 4. The van der Waals surface area contributed by atoms with E-state index in [9.17, 15) is 20.1 Å². The maximum Gasteiger partial charge on any atom is 0.249 e. The average Bonchev–Trinajstić information content (AvgIpc) is 3.18. The Morgan fingerprint density at radius 3 is 0.833 bits per heavy atom. The lowest BCUT2D eigenvalue weighted by Gasteiger charge is -2.23. The zero-order chi connectivity index (χ0) is 39.4. The molecule has 0 spiro atoms. The van der Waals surface area contributed by atoms with Crippen molar-refractivity contribution >= 4 is 5.91 Å². The molecule has 0 bridgehead atoms. The second-order valence-corrected chi connectivity index (χ2v) is 17.4. The summed E-state index contributed by atoms with van der Waals surface area (Å²) in [6.07, 6.45) is 52.6. The minimum absolute atomic E-state index is 0.307. The summed E-state index contributed by atoms with van der Waals surface area (Å²) in [6, 6.07) is -0.706. The van der Waals surface area contributed by atoms with Crippen LogP contribution in [0, 0.1) is 0 Å². The highest BCUT2D eigenvalue weighted by molar-refractivity contribution is 5.80. The molecule has 0 aliphatic rings. The number of unbranched alkanes of at least 4 members (excludes halogenated alkanes) is 38. The van der Waals surface area contributed by atoms with Crippen LogP contribution < -0.4 is 5.32 Å². The van der Waals surface area contributed by atoms with Gasteiger partial charge in [0.1, 0.15) is 6.10 Å². The number of aliphatic hydroxyl groups excluding tert-OH is 3. The van der Waals surface area contributed by atoms with Crippen molar-refractivity contribution in [2.24, 2.45) is 0 Å². The molecule has 1 amide bonds. The number of hydrogen-bond donors (Lipinski definition) is 4. The lowest BCUT2D eigenvalue weighted by molar-refractivity contribution is -0.131. The third kappa shape index (κ3) is 39.6. The molecule has 4 N–H and O–H groups in total. The minimum atomic E-state index is -1.07. The number of aliphatic hydroxyl groups is 3. The van der Waals surface area contributed by atoms with E-state index in [4.69, 9.17) is 0 Å². The van der Waals surface area contributed by atoms with Crippen LogP contribution in [0.3, 0.4) is 0 Å². The second-order valence-electron chi connectivity index (χ2n) is 17.4. The molecule has 3 unspecified atom stereocenters. The van der Waals surface area contributed by atoms with Crippen LogP contribution in [-0.2, 0) is 4.79 Å². The van der Waals surface area contributed by atoms with Gasteiger partial charge < -0.3 is 20.6 Å². The molecule has 0 saturated heterocycles. The molecule has 324 valence electrons. The van der Waals surface area contributed by atoms with Crippen molar-refractivity contribution in [2.45, 2.75) is 302 Å². The standard InChI is InChI=1S/C49H99NO4/c1-3-5-7-9-11-13-15-17-19-21-23-24-25-26-28-30-32-34-36-38-40-42-44-48(53)49(54)50-46(45-51)47(52)43-41-39-37-35-33-31-29-27-22-20-18-16-14-12-10-8-6-4-2/h46-48,51-53H,3-45H2,1-2H3,(H,50,54). The van der Waals surface area contributed by atoms with Crippen LogP contribution in [0.1, 0.15) is 284 Å². The number of carbonyl (C=O) groups excluding carboxylic acids is 1. The molecule has 0 aromatic heterocycles. The largest absolute Gasteiger partial charge is 0.394 e. The fourth-order valence-corrected chi connectivity index (χ4v) is 8.08. The Morgan fingerprint density at radius 1 is 0.370 bits per heavy atom. The molecule has 0 saturated carbocycles. The quantitative estimate of drug-likeness (QED) is 0.0465. The first kappa shape index (κ1) is 53.4. The van der Waals surface area contributed by atoms with E-state index in [1.165, 1.54) is 225 Å². The molecule has 5 heteroatoms. The van der Waals surface area contributed by atoms with Crippen molar-refractivity contribution in [3.05, 3.63) is 0 Å². The lowest BCUT2D eigenvalue weighted by Crippen LogP contribution is -2.49. The predicted octanol–water partition coefficient (Wildman–Crippen LogP) is 14.6. The molecule has 0 aliphatic carbocycles. The summed E-state index contributed by atoms with van der Waals surface area (Å²) in [4.78, 5) is 12.5. The van der Waals surface area contributed by atoms with Gasteiger partial charge in [-0.2, -0.15) is 0 Å².